The molecule has 0 N–H and O–H groups in total. The van der Waals surface area contributed by atoms with Crippen LogP contribution in [0, 0.1) is 24.2 Å². The number of aryl methyl sites for hydroxylation is 2. The number of fused-ring (bicyclic) bond motifs is 1. The van der Waals surface area contributed by atoms with Crippen LogP contribution in [-0.2, 0) is 25.8 Å². The third-order valence-corrected chi connectivity index (χ3v) is 13.8. The molecule has 0 fully saturated rings. The van der Waals surface area contributed by atoms with Crippen LogP contribution in [0.4, 0.5) is 0 Å². The number of cyclic esters (lactones) is 1. The predicted octanol–water partition coefficient (Wildman–Crippen LogP) is 8.41. The molecule has 1 aliphatic heterocycles. The Labute approximate surface area is 248 Å². The summed E-state index contributed by atoms with van der Waals surface area (Å²) in [6, 6.07) is 6.05. The van der Waals surface area contributed by atoms with Crippen LogP contribution < -0.4 is 0 Å². The largest absolute Gasteiger partial charge is 0.454 e. The fraction of sp³-hybridized carbons (Fsp3) is 0.618. The summed E-state index contributed by atoms with van der Waals surface area (Å²) < 4.78 is 15.0. The van der Waals surface area contributed by atoms with Crippen LogP contribution in [0.25, 0.3) is 11.0 Å². The molecule has 6 nitrogen and oxygen atoms in total. The zero-order chi connectivity index (χ0) is 30.8. The Kier molecular flexibility index (Phi) is 10.3. The summed E-state index contributed by atoms with van der Waals surface area (Å²) >= 11 is 0. The van der Waals surface area contributed by atoms with E-state index in [-0.39, 0.29) is 28.8 Å². The number of esters is 1. The minimum absolute atomic E-state index is 0.0448. The fourth-order valence-electron chi connectivity index (χ4n) is 5.35. The van der Waals surface area contributed by atoms with Crippen LogP contribution in [0.1, 0.15) is 91.6 Å². The van der Waals surface area contributed by atoms with Crippen LogP contribution in [0.2, 0.25) is 18.1 Å². The van der Waals surface area contributed by atoms with E-state index < -0.39 is 25.8 Å². The number of carbonyl (C=O) groups excluding carboxylic acids is 2. The maximum absolute atomic E-state index is 13.9. The second-order valence-corrected chi connectivity index (χ2v) is 18.8. The molecule has 1 aromatic heterocycles. The molecular formula is C34H52N2O4Si. The molecule has 1 aliphatic rings. The molecule has 0 saturated carbocycles. The summed E-state index contributed by atoms with van der Waals surface area (Å²) in [6.45, 7) is 21.2. The molecule has 3 rings (SSSR count). The number of ketones is 1. The molecular weight excluding hydrogens is 528 g/mol. The molecule has 0 radical (unpaired) electrons. The number of aromatic nitrogens is 2. The normalized spacial score (nSPS) is 27.0. The molecule has 2 heterocycles. The van der Waals surface area contributed by atoms with Crippen molar-refractivity contribution in [3.8, 4) is 0 Å². The van der Waals surface area contributed by atoms with Gasteiger partial charge in [-0.1, -0.05) is 58.9 Å². The summed E-state index contributed by atoms with van der Waals surface area (Å²) in [4.78, 5) is 31.7. The fourth-order valence-corrected chi connectivity index (χ4v) is 6.82. The van der Waals surface area contributed by atoms with Gasteiger partial charge in [-0.2, -0.15) is 0 Å². The van der Waals surface area contributed by atoms with Gasteiger partial charge in [-0.3, -0.25) is 4.79 Å². The smallest absolute Gasteiger partial charge is 0.331 e. The first-order chi connectivity index (χ1) is 18.9. The first-order valence-corrected chi connectivity index (χ1v) is 18.1. The van der Waals surface area contributed by atoms with E-state index in [0.29, 0.717) is 6.42 Å². The van der Waals surface area contributed by atoms with Crippen LogP contribution in [0.5, 0.6) is 0 Å². The molecule has 2 aromatic rings. The van der Waals surface area contributed by atoms with Gasteiger partial charge in [0.05, 0.1) is 17.1 Å². The number of Topliss-reactive ketones (excluding diaryl/α,β-unsaturated/α-hetero) is 1. The summed E-state index contributed by atoms with van der Waals surface area (Å²) in [5.41, 5.74) is 1.99. The van der Waals surface area contributed by atoms with Crippen molar-refractivity contribution in [3.05, 3.63) is 53.9 Å². The van der Waals surface area contributed by atoms with E-state index in [2.05, 4.69) is 62.5 Å². The Morgan fingerprint density at radius 1 is 1.12 bits per heavy atom. The van der Waals surface area contributed by atoms with Crippen LogP contribution >= 0.6 is 0 Å². The first kappa shape index (κ1) is 33.0. The molecule has 41 heavy (non-hydrogen) atoms. The lowest BCUT2D eigenvalue weighted by molar-refractivity contribution is -0.143. The van der Waals surface area contributed by atoms with Crippen molar-refractivity contribution < 1.29 is 18.8 Å². The van der Waals surface area contributed by atoms with Gasteiger partial charge in [-0.15, -0.1) is 0 Å². The lowest BCUT2D eigenvalue weighted by Crippen LogP contribution is -2.49. The summed E-state index contributed by atoms with van der Waals surface area (Å²) in [7, 11) is -0.112. The van der Waals surface area contributed by atoms with Crippen LogP contribution in [0.3, 0.4) is 0 Å². The maximum Gasteiger partial charge on any atom is 0.331 e. The molecule has 0 aliphatic carbocycles. The highest BCUT2D eigenvalue weighted by Gasteiger charge is 2.44. The van der Waals surface area contributed by atoms with E-state index in [0.717, 1.165) is 41.7 Å². The number of hydrogen-bond acceptors (Lipinski definition) is 5. The third kappa shape index (κ3) is 7.86. The molecule has 1 aromatic carbocycles. The van der Waals surface area contributed by atoms with Gasteiger partial charge in [0.2, 0.25) is 0 Å². The van der Waals surface area contributed by atoms with Gasteiger partial charge in [-0.25, -0.2) is 9.78 Å². The Morgan fingerprint density at radius 3 is 2.46 bits per heavy atom. The Balaban J connectivity index is 1.91. The van der Waals surface area contributed by atoms with Crippen LogP contribution in [0.15, 0.2) is 42.5 Å². The number of nitrogens with zero attached hydrogens (tertiary/aromatic N) is 2. The summed E-state index contributed by atoms with van der Waals surface area (Å²) in [5.74, 6) is 0.484. The van der Waals surface area contributed by atoms with E-state index in [9.17, 15) is 9.59 Å². The number of benzene rings is 1. The molecule has 4 atom stereocenters. The molecule has 0 amide bonds. The van der Waals surface area contributed by atoms with Gasteiger partial charge in [0.1, 0.15) is 17.7 Å². The molecule has 226 valence electrons. The zero-order valence-electron chi connectivity index (χ0n) is 27.2. The van der Waals surface area contributed by atoms with E-state index in [1.54, 1.807) is 6.08 Å². The third-order valence-electron chi connectivity index (χ3n) is 9.28. The van der Waals surface area contributed by atoms with Gasteiger partial charge in [0.25, 0.3) is 0 Å². The second-order valence-electron chi connectivity index (χ2n) is 14.1. The number of carbonyl (C=O) groups is 2. The molecule has 0 bridgehead atoms. The van der Waals surface area contributed by atoms with Crippen molar-refractivity contribution in [2.24, 2.45) is 24.3 Å². The van der Waals surface area contributed by atoms with Crippen molar-refractivity contribution in [1.82, 2.24) is 9.55 Å². The molecule has 0 spiro atoms. The minimum atomic E-state index is -2.11. The van der Waals surface area contributed by atoms with Gasteiger partial charge in [0.15, 0.2) is 8.32 Å². The lowest BCUT2D eigenvalue weighted by atomic mass is 9.76. The average molecular weight is 581 g/mol. The van der Waals surface area contributed by atoms with Crippen molar-refractivity contribution in [2.45, 2.75) is 111 Å². The minimum Gasteiger partial charge on any atom is -0.454 e. The van der Waals surface area contributed by atoms with Crippen LogP contribution in [-0.4, -0.2) is 35.7 Å². The quantitative estimate of drug-likeness (QED) is 0.207. The van der Waals surface area contributed by atoms with E-state index >= 15 is 0 Å². The number of rotatable bonds is 3. The van der Waals surface area contributed by atoms with E-state index in [1.807, 2.05) is 52.9 Å². The highest BCUT2D eigenvalue weighted by molar-refractivity contribution is 6.74. The molecule has 0 saturated heterocycles. The van der Waals surface area contributed by atoms with Gasteiger partial charge >= 0.3 is 5.97 Å². The Bertz CT molecular complexity index is 1300. The van der Waals surface area contributed by atoms with Gasteiger partial charge in [0, 0.05) is 30.9 Å². The second kappa shape index (κ2) is 12.8. The van der Waals surface area contributed by atoms with E-state index in [1.165, 1.54) is 6.08 Å². The number of allylic oxidation sites excluding steroid dienone is 2. The Hall–Kier alpha value is -2.51. The van der Waals surface area contributed by atoms with Gasteiger partial charge in [-0.05, 0) is 81.8 Å². The topological polar surface area (TPSA) is 70.4 Å². The van der Waals surface area contributed by atoms with Crippen molar-refractivity contribution in [2.75, 3.05) is 0 Å². The highest BCUT2D eigenvalue weighted by atomic mass is 28.4. The monoisotopic (exact) mass is 580 g/mol. The molecule has 0 unspecified atom stereocenters. The van der Waals surface area contributed by atoms with Crippen molar-refractivity contribution in [3.63, 3.8) is 0 Å². The average Bonchev–Trinajstić information content (AvgIpc) is 3.17. The standard InChI is InChI=1S/C34H52N2O4Si/c1-23-16-14-12-13-15-17-29(26-18-19-28-27(22-26)35-25(3)36(28)9)39-30(37)20-21-34(7,8)32(38)24(2)31(23)40-41(10,11)33(4,5)6/h13,15,18-24,29,31H,12,14,16-17H2,1-11H3/b15-13+,21-20+/t23-,24+,29-,31-/m0/s1. The number of imidazole rings is 1. The SMILES string of the molecule is Cc1nc2cc([C@@H]3C/C=C/CCC[C@H](C)[C@H](O[Si](C)(C)C(C)(C)C)[C@@H](C)C(=O)C(C)(C)/C=C/C(=O)O3)ccc2n1C. The molecule has 7 heteroatoms. The summed E-state index contributed by atoms with van der Waals surface area (Å²) in [5, 5.41) is 0.0448. The predicted molar refractivity (Wildman–Crippen MR) is 170 cm³/mol. The van der Waals surface area contributed by atoms with Crippen molar-refractivity contribution >= 4 is 31.1 Å². The number of ether oxygens (including phenoxy) is 1. The highest BCUT2D eigenvalue weighted by Crippen LogP contribution is 2.41. The van der Waals surface area contributed by atoms with Crippen molar-refractivity contribution in [1.29, 1.82) is 0 Å². The van der Waals surface area contributed by atoms with Gasteiger partial charge < -0.3 is 13.7 Å². The Morgan fingerprint density at radius 2 is 1.80 bits per heavy atom. The zero-order valence-corrected chi connectivity index (χ0v) is 28.2. The maximum atomic E-state index is 13.9. The van der Waals surface area contributed by atoms with E-state index in [4.69, 9.17) is 9.16 Å². The summed E-state index contributed by atoms with van der Waals surface area (Å²) in [6.07, 6.45) is 10.3. The first-order valence-electron chi connectivity index (χ1n) is 15.1. The number of hydrogen-bond donors (Lipinski definition) is 0. The lowest BCUT2D eigenvalue weighted by Gasteiger charge is -2.43.